The number of aromatic nitrogens is 2. The molecule has 0 radical (unpaired) electrons. The quantitative estimate of drug-likeness (QED) is 0.819. The van der Waals surface area contributed by atoms with Crippen molar-refractivity contribution >= 4 is 11.9 Å². The van der Waals surface area contributed by atoms with Crippen molar-refractivity contribution in [3.05, 3.63) is 18.0 Å². The summed E-state index contributed by atoms with van der Waals surface area (Å²) in [5.74, 6) is 1.34. The Labute approximate surface area is 131 Å². The third-order valence-corrected chi connectivity index (χ3v) is 4.67. The standard InChI is InChI=1S/C16H24N4O2/c1-3-13-8-17-16(18-9-13)20-5-4-14-10-19(12(2)21)6-7-22-15(14)11-20/h8-9,14-15H,3-7,10-11H2,1-2H3/t14-,15-/m1/s1. The molecule has 0 spiro atoms. The molecule has 22 heavy (non-hydrogen) atoms. The van der Waals surface area contributed by atoms with Crippen LogP contribution in [0.25, 0.3) is 0 Å². The monoisotopic (exact) mass is 304 g/mol. The van der Waals surface area contributed by atoms with Gasteiger partial charge < -0.3 is 14.5 Å². The Morgan fingerprint density at radius 3 is 2.77 bits per heavy atom. The van der Waals surface area contributed by atoms with E-state index in [9.17, 15) is 4.79 Å². The van der Waals surface area contributed by atoms with Crippen molar-refractivity contribution in [3.63, 3.8) is 0 Å². The molecular formula is C16H24N4O2. The topological polar surface area (TPSA) is 58.6 Å². The van der Waals surface area contributed by atoms with Gasteiger partial charge in [0.05, 0.1) is 12.7 Å². The number of rotatable bonds is 2. The molecule has 6 nitrogen and oxygen atoms in total. The molecule has 3 heterocycles. The molecule has 2 atom stereocenters. The van der Waals surface area contributed by atoms with Crippen LogP contribution < -0.4 is 4.90 Å². The lowest BCUT2D eigenvalue weighted by molar-refractivity contribution is -0.129. The summed E-state index contributed by atoms with van der Waals surface area (Å²) in [6.07, 6.45) is 5.93. The lowest BCUT2D eigenvalue weighted by Crippen LogP contribution is -2.48. The van der Waals surface area contributed by atoms with Crippen molar-refractivity contribution < 1.29 is 9.53 Å². The maximum atomic E-state index is 11.6. The van der Waals surface area contributed by atoms with Gasteiger partial charge >= 0.3 is 0 Å². The zero-order chi connectivity index (χ0) is 15.5. The Balaban J connectivity index is 1.66. The van der Waals surface area contributed by atoms with Gasteiger partial charge in [0.1, 0.15) is 0 Å². The number of carbonyl (C=O) groups excluding carboxylic acids is 1. The first-order chi connectivity index (χ1) is 10.7. The van der Waals surface area contributed by atoms with E-state index in [4.69, 9.17) is 4.74 Å². The zero-order valence-corrected chi connectivity index (χ0v) is 13.4. The largest absolute Gasteiger partial charge is 0.374 e. The normalized spacial score (nSPS) is 25.5. The Hall–Kier alpha value is -1.69. The van der Waals surface area contributed by atoms with Gasteiger partial charge in [-0.3, -0.25) is 4.79 Å². The molecule has 0 N–H and O–H groups in total. The van der Waals surface area contributed by atoms with Crippen molar-refractivity contribution in [1.82, 2.24) is 14.9 Å². The Bertz CT molecular complexity index is 519. The molecule has 2 aliphatic heterocycles. The number of carbonyl (C=O) groups is 1. The van der Waals surface area contributed by atoms with Gasteiger partial charge in [-0.05, 0) is 18.4 Å². The molecule has 2 aliphatic rings. The number of ether oxygens (including phenoxy) is 1. The highest BCUT2D eigenvalue weighted by molar-refractivity contribution is 5.73. The highest BCUT2D eigenvalue weighted by atomic mass is 16.5. The molecule has 0 saturated carbocycles. The molecule has 0 aromatic carbocycles. The summed E-state index contributed by atoms with van der Waals surface area (Å²) >= 11 is 0. The van der Waals surface area contributed by atoms with Gasteiger partial charge in [-0.1, -0.05) is 6.92 Å². The van der Waals surface area contributed by atoms with Crippen LogP contribution in [0.15, 0.2) is 12.4 Å². The molecule has 1 aromatic heterocycles. The van der Waals surface area contributed by atoms with E-state index in [1.54, 1.807) is 6.92 Å². The molecule has 2 fully saturated rings. The van der Waals surface area contributed by atoms with Gasteiger partial charge in [0.15, 0.2) is 0 Å². The van der Waals surface area contributed by atoms with Crippen molar-refractivity contribution in [1.29, 1.82) is 0 Å². The summed E-state index contributed by atoms with van der Waals surface area (Å²) in [4.78, 5) is 24.7. The molecule has 1 aromatic rings. The van der Waals surface area contributed by atoms with Gasteiger partial charge in [0.2, 0.25) is 11.9 Å². The van der Waals surface area contributed by atoms with E-state index in [1.165, 1.54) is 0 Å². The maximum Gasteiger partial charge on any atom is 0.225 e. The van der Waals surface area contributed by atoms with Crippen LogP contribution in [0.2, 0.25) is 0 Å². The van der Waals surface area contributed by atoms with E-state index in [2.05, 4.69) is 21.8 Å². The smallest absolute Gasteiger partial charge is 0.225 e. The second-order valence-electron chi connectivity index (χ2n) is 6.11. The molecule has 0 bridgehead atoms. The molecule has 3 rings (SSSR count). The average Bonchev–Trinajstić information content (AvgIpc) is 2.76. The minimum Gasteiger partial charge on any atom is -0.374 e. The Kier molecular flexibility index (Phi) is 4.57. The van der Waals surface area contributed by atoms with Crippen LogP contribution >= 0.6 is 0 Å². The minimum absolute atomic E-state index is 0.144. The van der Waals surface area contributed by atoms with Crippen LogP contribution in [-0.4, -0.2) is 59.7 Å². The van der Waals surface area contributed by atoms with Gasteiger partial charge in [0, 0.05) is 51.4 Å². The van der Waals surface area contributed by atoms with E-state index in [0.29, 0.717) is 19.1 Å². The predicted octanol–water partition coefficient (Wildman–Crippen LogP) is 1.11. The van der Waals surface area contributed by atoms with Gasteiger partial charge in [-0.15, -0.1) is 0 Å². The molecule has 0 unspecified atom stereocenters. The number of piperidine rings is 1. The fraction of sp³-hybridized carbons (Fsp3) is 0.688. The van der Waals surface area contributed by atoms with Crippen LogP contribution in [0.3, 0.4) is 0 Å². The van der Waals surface area contributed by atoms with E-state index >= 15 is 0 Å². The summed E-state index contributed by atoms with van der Waals surface area (Å²) in [7, 11) is 0. The summed E-state index contributed by atoms with van der Waals surface area (Å²) in [6.45, 7) is 7.59. The summed E-state index contributed by atoms with van der Waals surface area (Å²) in [5.41, 5.74) is 1.15. The molecular weight excluding hydrogens is 280 g/mol. The Morgan fingerprint density at radius 2 is 2.09 bits per heavy atom. The molecule has 2 saturated heterocycles. The average molecular weight is 304 g/mol. The second-order valence-corrected chi connectivity index (χ2v) is 6.11. The first-order valence-corrected chi connectivity index (χ1v) is 8.10. The molecule has 120 valence electrons. The van der Waals surface area contributed by atoms with Crippen molar-refractivity contribution in [2.45, 2.75) is 32.8 Å². The lowest BCUT2D eigenvalue weighted by Gasteiger charge is -2.37. The zero-order valence-electron chi connectivity index (χ0n) is 13.4. The van der Waals surface area contributed by atoms with Crippen molar-refractivity contribution in [3.8, 4) is 0 Å². The van der Waals surface area contributed by atoms with E-state index in [0.717, 1.165) is 44.0 Å². The van der Waals surface area contributed by atoms with Gasteiger partial charge in [-0.2, -0.15) is 0 Å². The van der Waals surface area contributed by atoms with E-state index in [1.807, 2.05) is 17.3 Å². The van der Waals surface area contributed by atoms with Crippen LogP contribution in [0.4, 0.5) is 5.95 Å². The highest BCUT2D eigenvalue weighted by Crippen LogP contribution is 2.26. The number of fused-ring (bicyclic) bond motifs is 1. The summed E-state index contributed by atoms with van der Waals surface area (Å²) < 4.78 is 5.99. The number of hydrogen-bond donors (Lipinski definition) is 0. The summed E-state index contributed by atoms with van der Waals surface area (Å²) in [5, 5.41) is 0. The van der Waals surface area contributed by atoms with Crippen LogP contribution in [0, 0.1) is 5.92 Å². The fourth-order valence-corrected chi connectivity index (χ4v) is 3.21. The number of anilines is 1. The molecule has 0 aliphatic carbocycles. The van der Waals surface area contributed by atoms with Crippen LogP contribution in [-0.2, 0) is 16.0 Å². The number of hydrogen-bond acceptors (Lipinski definition) is 5. The van der Waals surface area contributed by atoms with Crippen LogP contribution in [0.5, 0.6) is 0 Å². The SMILES string of the molecule is CCc1cnc(N2CC[C@@H]3CN(C(C)=O)CCO[C@@H]3C2)nc1. The van der Waals surface area contributed by atoms with E-state index in [-0.39, 0.29) is 12.0 Å². The third kappa shape index (κ3) is 3.21. The maximum absolute atomic E-state index is 11.6. The van der Waals surface area contributed by atoms with Crippen molar-refractivity contribution in [2.75, 3.05) is 37.7 Å². The predicted molar refractivity (Wildman–Crippen MR) is 83.7 cm³/mol. The van der Waals surface area contributed by atoms with Crippen molar-refractivity contribution in [2.24, 2.45) is 5.92 Å². The molecule has 1 amide bonds. The lowest BCUT2D eigenvalue weighted by atomic mass is 9.93. The first-order valence-electron chi connectivity index (χ1n) is 8.10. The number of aryl methyl sites for hydroxylation is 1. The third-order valence-electron chi connectivity index (χ3n) is 4.67. The van der Waals surface area contributed by atoms with E-state index < -0.39 is 0 Å². The first kappa shape index (κ1) is 15.2. The van der Waals surface area contributed by atoms with Gasteiger partial charge in [-0.25, -0.2) is 9.97 Å². The Morgan fingerprint density at radius 1 is 1.32 bits per heavy atom. The van der Waals surface area contributed by atoms with Crippen LogP contribution in [0.1, 0.15) is 25.8 Å². The second kappa shape index (κ2) is 6.60. The molecule has 6 heteroatoms. The number of nitrogens with zero attached hydrogens (tertiary/aromatic N) is 4. The summed E-state index contributed by atoms with van der Waals surface area (Å²) in [6, 6.07) is 0. The number of amides is 1. The highest BCUT2D eigenvalue weighted by Gasteiger charge is 2.34. The van der Waals surface area contributed by atoms with Gasteiger partial charge in [0.25, 0.3) is 0 Å². The minimum atomic E-state index is 0.144. The fourth-order valence-electron chi connectivity index (χ4n) is 3.21.